The van der Waals surface area contributed by atoms with E-state index in [4.69, 9.17) is 10.2 Å². The Morgan fingerprint density at radius 2 is 1.68 bits per heavy atom. The fraction of sp³-hybridized carbons (Fsp3) is 0.308. The van der Waals surface area contributed by atoms with Crippen LogP contribution in [0.3, 0.4) is 0 Å². The van der Waals surface area contributed by atoms with Gasteiger partial charge in [-0.3, -0.25) is 14.4 Å². The van der Waals surface area contributed by atoms with Gasteiger partial charge in [-0.25, -0.2) is 0 Å². The van der Waals surface area contributed by atoms with E-state index in [-0.39, 0.29) is 17.8 Å². The van der Waals surface area contributed by atoms with Gasteiger partial charge in [0.2, 0.25) is 12.3 Å². The lowest BCUT2D eigenvalue weighted by Gasteiger charge is -2.19. The molecule has 0 fully saturated rings. The molecule has 138 valence electrons. The molecule has 0 aliphatic rings. The standard InChI is InChI=1S/C13H14I3N3O6/c14-8-7(13(25)17-1-5(23)2-20)9(15)12(19-6(24)3-21)10(16)11(8)18-4-22/h4-5,20-21,23H,1-3H2,(H,17,25)(H,18,22)(H,19,24). The van der Waals surface area contributed by atoms with Crippen molar-refractivity contribution in [2.75, 3.05) is 30.4 Å². The highest BCUT2D eigenvalue weighted by molar-refractivity contribution is 14.1. The van der Waals surface area contributed by atoms with Crippen LogP contribution in [0.5, 0.6) is 0 Å². The summed E-state index contributed by atoms with van der Waals surface area (Å²) in [6.45, 7) is -1.40. The molecule has 0 radical (unpaired) electrons. The van der Waals surface area contributed by atoms with Crippen molar-refractivity contribution in [2.45, 2.75) is 6.10 Å². The number of carbonyl (C=O) groups excluding carboxylic acids is 3. The van der Waals surface area contributed by atoms with Crippen LogP contribution in [-0.4, -0.2) is 59.4 Å². The van der Waals surface area contributed by atoms with Crippen molar-refractivity contribution in [2.24, 2.45) is 0 Å². The highest BCUT2D eigenvalue weighted by Gasteiger charge is 2.25. The number of aliphatic hydroxyl groups is 3. The van der Waals surface area contributed by atoms with Crippen LogP contribution in [0, 0.1) is 10.7 Å². The number of hydrogen-bond donors (Lipinski definition) is 6. The van der Waals surface area contributed by atoms with Crippen molar-refractivity contribution in [3.8, 4) is 0 Å². The van der Waals surface area contributed by atoms with Crippen LogP contribution in [0.4, 0.5) is 11.4 Å². The van der Waals surface area contributed by atoms with Gasteiger partial charge in [0.25, 0.3) is 5.91 Å². The second-order valence-electron chi connectivity index (χ2n) is 4.58. The molecule has 3 amide bonds. The molecular weight excluding hydrogens is 675 g/mol. The van der Waals surface area contributed by atoms with E-state index in [0.29, 0.717) is 22.8 Å². The topological polar surface area (TPSA) is 148 Å². The smallest absolute Gasteiger partial charge is 0.253 e. The third kappa shape index (κ3) is 5.84. The van der Waals surface area contributed by atoms with Gasteiger partial charge in [-0.1, -0.05) is 0 Å². The zero-order valence-electron chi connectivity index (χ0n) is 12.5. The number of anilines is 2. The molecule has 0 aliphatic heterocycles. The monoisotopic (exact) mass is 689 g/mol. The zero-order chi connectivity index (χ0) is 19.1. The van der Waals surface area contributed by atoms with Crippen LogP contribution in [0.25, 0.3) is 0 Å². The molecule has 0 saturated carbocycles. The first kappa shape index (κ1) is 22.7. The summed E-state index contributed by atoms with van der Waals surface area (Å²) in [6, 6.07) is 0. The number of amides is 3. The van der Waals surface area contributed by atoms with E-state index in [1.54, 1.807) is 0 Å². The number of halogens is 3. The second kappa shape index (κ2) is 10.8. The first-order valence-corrected chi connectivity index (χ1v) is 9.90. The average molecular weight is 689 g/mol. The van der Waals surface area contributed by atoms with Gasteiger partial charge in [-0.2, -0.15) is 0 Å². The summed E-state index contributed by atoms with van der Waals surface area (Å²) in [5, 5.41) is 34.6. The Hall–Kier alpha value is -0.300. The fourth-order valence-corrected chi connectivity index (χ4v) is 5.94. The normalized spacial score (nSPS) is 11.6. The van der Waals surface area contributed by atoms with Gasteiger partial charge in [-0.05, 0) is 67.8 Å². The maximum absolute atomic E-state index is 12.5. The van der Waals surface area contributed by atoms with Crippen LogP contribution in [-0.2, 0) is 9.59 Å². The van der Waals surface area contributed by atoms with Crippen molar-refractivity contribution in [1.82, 2.24) is 5.32 Å². The first-order chi connectivity index (χ1) is 11.8. The molecule has 0 heterocycles. The quantitative estimate of drug-likeness (QED) is 0.169. The van der Waals surface area contributed by atoms with E-state index < -0.39 is 31.1 Å². The predicted octanol–water partition coefficient (Wildman–Crippen LogP) is 0.0825. The lowest BCUT2D eigenvalue weighted by Crippen LogP contribution is -2.35. The third-order valence-corrected chi connectivity index (χ3v) is 6.10. The van der Waals surface area contributed by atoms with Gasteiger partial charge in [0.1, 0.15) is 6.61 Å². The minimum absolute atomic E-state index is 0.164. The van der Waals surface area contributed by atoms with Crippen LogP contribution >= 0.6 is 67.8 Å². The van der Waals surface area contributed by atoms with E-state index in [1.807, 2.05) is 67.8 Å². The van der Waals surface area contributed by atoms with Crippen LogP contribution in [0.1, 0.15) is 10.4 Å². The molecule has 0 aliphatic carbocycles. The summed E-state index contributed by atoms with van der Waals surface area (Å²) < 4.78 is 1.34. The van der Waals surface area contributed by atoms with Crippen molar-refractivity contribution in [3.05, 3.63) is 16.3 Å². The maximum atomic E-state index is 12.5. The van der Waals surface area contributed by atoms with Gasteiger partial charge in [0.15, 0.2) is 0 Å². The molecule has 12 heteroatoms. The van der Waals surface area contributed by atoms with Gasteiger partial charge >= 0.3 is 0 Å². The molecule has 25 heavy (non-hydrogen) atoms. The molecule has 1 rings (SSSR count). The Balaban J connectivity index is 3.41. The summed E-state index contributed by atoms with van der Waals surface area (Å²) in [4.78, 5) is 34.9. The summed E-state index contributed by atoms with van der Waals surface area (Å²) >= 11 is 5.68. The molecule has 6 N–H and O–H groups in total. The van der Waals surface area contributed by atoms with E-state index in [0.717, 1.165) is 0 Å². The molecule has 0 spiro atoms. The van der Waals surface area contributed by atoms with Crippen molar-refractivity contribution >= 4 is 97.4 Å². The summed E-state index contributed by atoms with van der Waals surface area (Å²) in [7, 11) is 0. The number of nitrogens with one attached hydrogen (secondary N) is 3. The minimum Gasteiger partial charge on any atom is -0.394 e. The molecular formula is C13H14I3N3O6. The number of benzene rings is 1. The molecule has 1 aromatic rings. The Kier molecular flexibility index (Phi) is 9.78. The number of rotatable bonds is 8. The van der Waals surface area contributed by atoms with Gasteiger partial charge in [-0.15, -0.1) is 0 Å². The highest BCUT2D eigenvalue weighted by atomic mass is 127. The molecule has 1 unspecified atom stereocenters. The Morgan fingerprint density at radius 3 is 2.20 bits per heavy atom. The Labute approximate surface area is 183 Å². The Morgan fingerprint density at radius 1 is 1.08 bits per heavy atom. The molecule has 9 nitrogen and oxygen atoms in total. The van der Waals surface area contributed by atoms with Crippen molar-refractivity contribution in [1.29, 1.82) is 0 Å². The van der Waals surface area contributed by atoms with Crippen molar-refractivity contribution in [3.63, 3.8) is 0 Å². The third-order valence-electron chi connectivity index (χ3n) is 2.86. The lowest BCUT2D eigenvalue weighted by molar-refractivity contribution is -0.118. The SMILES string of the molecule is O=CNc1c(I)c(NC(=O)CO)c(I)c(C(=O)NCC(O)CO)c1I. The van der Waals surface area contributed by atoms with Crippen LogP contribution in [0.15, 0.2) is 0 Å². The molecule has 1 aromatic carbocycles. The molecule has 0 saturated heterocycles. The van der Waals surface area contributed by atoms with Gasteiger partial charge in [0.05, 0.1) is 40.4 Å². The predicted molar refractivity (Wildman–Crippen MR) is 115 cm³/mol. The van der Waals surface area contributed by atoms with Crippen LogP contribution < -0.4 is 16.0 Å². The zero-order valence-corrected chi connectivity index (χ0v) is 18.9. The maximum Gasteiger partial charge on any atom is 0.253 e. The van der Waals surface area contributed by atoms with E-state index in [1.165, 1.54) is 0 Å². The first-order valence-electron chi connectivity index (χ1n) is 6.66. The lowest BCUT2D eigenvalue weighted by atomic mass is 10.1. The number of carbonyl (C=O) groups is 3. The minimum atomic E-state index is -1.11. The molecule has 0 aromatic heterocycles. The summed E-state index contributed by atoms with van der Waals surface area (Å²) in [6.07, 6.45) is -0.661. The summed E-state index contributed by atoms with van der Waals surface area (Å²) in [5.41, 5.74) is 0.792. The number of aliphatic hydroxyl groups excluding tert-OH is 3. The average Bonchev–Trinajstić information content (AvgIpc) is 2.59. The Bertz CT molecular complexity index is 686. The number of hydrogen-bond acceptors (Lipinski definition) is 6. The van der Waals surface area contributed by atoms with E-state index in [2.05, 4.69) is 16.0 Å². The van der Waals surface area contributed by atoms with Crippen LogP contribution in [0.2, 0.25) is 0 Å². The van der Waals surface area contributed by atoms with Gasteiger partial charge in [0, 0.05) is 6.54 Å². The summed E-state index contributed by atoms with van der Waals surface area (Å²) in [5.74, 6) is -1.22. The van der Waals surface area contributed by atoms with E-state index >= 15 is 0 Å². The van der Waals surface area contributed by atoms with Gasteiger partial charge < -0.3 is 31.3 Å². The largest absolute Gasteiger partial charge is 0.394 e. The van der Waals surface area contributed by atoms with E-state index in [9.17, 15) is 19.5 Å². The fourth-order valence-electron chi connectivity index (χ4n) is 1.70. The second-order valence-corrected chi connectivity index (χ2v) is 7.82. The van der Waals surface area contributed by atoms with Crippen molar-refractivity contribution < 1.29 is 29.7 Å². The molecule has 1 atom stereocenters. The highest BCUT2D eigenvalue weighted by Crippen LogP contribution is 2.38. The molecule has 0 bridgehead atoms.